The molecule has 2 nitrogen and oxygen atoms in total. The Hall–Kier alpha value is -1.96. The van der Waals surface area contributed by atoms with Crippen molar-refractivity contribution in [1.82, 2.24) is 0 Å². The molecule has 0 N–H and O–H groups in total. The highest BCUT2D eigenvalue weighted by atomic mass is 16.5. The molecule has 0 aliphatic carbocycles. The molecule has 0 radical (unpaired) electrons. The molecule has 0 spiro atoms. The van der Waals surface area contributed by atoms with Gasteiger partial charge in [-0.1, -0.05) is 36.4 Å². The summed E-state index contributed by atoms with van der Waals surface area (Å²) in [4.78, 5) is 0. The van der Waals surface area contributed by atoms with E-state index < -0.39 is 0 Å². The van der Waals surface area contributed by atoms with Gasteiger partial charge in [0.05, 0.1) is 6.61 Å². The Morgan fingerprint density at radius 2 is 1.67 bits per heavy atom. The Morgan fingerprint density at radius 1 is 0.889 bits per heavy atom. The van der Waals surface area contributed by atoms with Crippen LogP contribution in [0.4, 0.5) is 0 Å². The first-order valence-corrected chi connectivity index (χ1v) is 6.38. The fraction of sp³-hybridized carbons (Fsp3) is 0.250. The van der Waals surface area contributed by atoms with E-state index in [2.05, 4.69) is 30.3 Å². The third-order valence-corrected chi connectivity index (χ3v) is 3.82. The molecule has 2 atom stereocenters. The van der Waals surface area contributed by atoms with Gasteiger partial charge >= 0.3 is 0 Å². The van der Waals surface area contributed by atoms with Crippen molar-refractivity contribution in [2.75, 3.05) is 6.61 Å². The summed E-state index contributed by atoms with van der Waals surface area (Å²) < 4.78 is 12.0. The number of para-hydroxylation sites is 2. The molecule has 90 valence electrons. The first-order chi connectivity index (χ1) is 8.92. The van der Waals surface area contributed by atoms with Crippen molar-refractivity contribution in [2.24, 2.45) is 5.92 Å². The lowest BCUT2D eigenvalue weighted by molar-refractivity contribution is 0.0544. The van der Waals surface area contributed by atoms with Crippen LogP contribution in [-0.4, -0.2) is 6.61 Å². The zero-order valence-corrected chi connectivity index (χ0v) is 10.0. The van der Waals surface area contributed by atoms with E-state index in [0.29, 0.717) is 5.92 Å². The predicted molar refractivity (Wildman–Crippen MR) is 68.9 cm³/mol. The summed E-state index contributed by atoms with van der Waals surface area (Å²) in [5.74, 6) is 2.42. The van der Waals surface area contributed by atoms with Gasteiger partial charge in [-0.2, -0.15) is 0 Å². The van der Waals surface area contributed by atoms with E-state index >= 15 is 0 Å². The summed E-state index contributed by atoms with van der Waals surface area (Å²) in [6, 6.07) is 16.5. The van der Waals surface area contributed by atoms with E-state index in [4.69, 9.17) is 9.47 Å². The monoisotopic (exact) mass is 238 g/mol. The van der Waals surface area contributed by atoms with Gasteiger partial charge in [0.1, 0.15) is 17.6 Å². The first kappa shape index (κ1) is 10.0. The average Bonchev–Trinajstić information content (AvgIpc) is 2.45. The van der Waals surface area contributed by atoms with Gasteiger partial charge in [-0.05, 0) is 24.1 Å². The largest absolute Gasteiger partial charge is 0.493 e. The Labute approximate surface area is 106 Å². The van der Waals surface area contributed by atoms with Crippen LogP contribution in [0.15, 0.2) is 48.5 Å². The quantitative estimate of drug-likeness (QED) is 0.700. The van der Waals surface area contributed by atoms with E-state index in [1.807, 2.05) is 18.2 Å². The Bertz CT molecular complexity index is 591. The lowest BCUT2D eigenvalue weighted by Crippen LogP contribution is -2.34. The Morgan fingerprint density at radius 3 is 2.61 bits per heavy atom. The molecule has 0 unspecified atom stereocenters. The summed E-state index contributed by atoms with van der Waals surface area (Å²) in [5.41, 5.74) is 2.48. The number of rotatable bonds is 0. The maximum atomic E-state index is 6.18. The van der Waals surface area contributed by atoms with Crippen LogP contribution >= 0.6 is 0 Å². The molecule has 0 fully saturated rings. The molecule has 18 heavy (non-hydrogen) atoms. The van der Waals surface area contributed by atoms with Gasteiger partial charge in [-0.25, -0.2) is 0 Å². The summed E-state index contributed by atoms with van der Waals surface area (Å²) >= 11 is 0. The number of benzene rings is 2. The minimum atomic E-state index is 0.143. The van der Waals surface area contributed by atoms with Crippen LogP contribution in [0.3, 0.4) is 0 Å². The maximum absolute atomic E-state index is 6.18. The second-order valence-electron chi connectivity index (χ2n) is 4.96. The predicted octanol–water partition coefficient (Wildman–Crippen LogP) is 3.37. The van der Waals surface area contributed by atoms with Gasteiger partial charge in [0, 0.05) is 11.5 Å². The molecular formula is C16H14O2. The lowest BCUT2D eigenvalue weighted by Gasteiger charge is -2.37. The normalized spacial score (nSPS) is 24.0. The van der Waals surface area contributed by atoms with E-state index in [1.165, 1.54) is 11.1 Å². The highest BCUT2D eigenvalue weighted by molar-refractivity contribution is 5.42. The van der Waals surface area contributed by atoms with Crippen molar-refractivity contribution in [3.05, 3.63) is 59.7 Å². The van der Waals surface area contributed by atoms with Crippen LogP contribution < -0.4 is 9.47 Å². The van der Waals surface area contributed by atoms with Gasteiger partial charge in [-0.3, -0.25) is 0 Å². The topological polar surface area (TPSA) is 18.5 Å². The highest BCUT2D eigenvalue weighted by Crippen LogP contribution is 2.44. The molecule has 2 aromatic carbocycles. The number of ether oxygens (including phenoxy) is 2. The molecule has 2 aliphatic heterocycles. The molecule has 0 saturated heterocycles. The van der Waals surface area contributed by atoms with Gasteiger partial charge in [-0.15, -0.1) is 0 Å². The minimum absolute atomic E-state index is 0.143. The minimum Gasteiger partial charge on any atom is -0.493 e. The van der Waals surface area contributed by atoms with Crippen LogP contribution in [0.1, 0.15) is 17.2 Å². The highest BCUT2D eigenvalue weighted by Gasteiger charge is 2.36. The maximum Gasteiger partial charge on any atom is 0.134 e. The lowest BCUT2D eigenvalue weighted by atomic mass is 9.85. The second-order valence-corrected chi connectivity index (χ2v) is 4.96. The Balaban J connectivity index is 1.79. The first-order valence-electron chi connectivity index (χ1n) is 6.38. The van der Waals surface area contributed by atoms with Crippen molar-refractivity contribution < 1.29 is 9.47 Å². The number of hydrogen-bond donors (Lipinski definition) is 0. The zero-order valence-electron chi connectivity index (χ0n) is 10.0. The molecule has 2 aliphatic rings. The molecule has 2 aromatic rings. The van der Waals surface area contributed by atoms with E-state index in [1.54, 1.807) is 0 Å². The summed E-state index contributed by atoms with van der Waals surface area (Å²) in [7, 11) is 0. The average molecular weight is 238 g/mol. The van der Waals surface area contributed by atoms with Crippen molar-refractivity contribution in [2.45, 2.75) is 12.5 Å². The SMILES string of the molecule is c1ccc2c(c1)C[C@H]1COc3ccccc3[C@@H]1O2. The van der Waals surface area contributed by atoms with E-state index in [-0.39, 0.29) is 6.10 Å². The summed E-state index contributed by atoms with van der Waals surface area (Å²) in [6.45, 7) is 0.746. The Kier molecular flexibility index (Phi) is 2.10. The van der Waals surface area contributed by atoms with Crippen LogP contribution in [-0.2, 0) is 6.42 Å². The van der Waals surface area contributed by atoms with Crippen molar-refractivity contribution >= 4 is 0 Å². The molecule has 2 heterocycles. The van der Waals surface area contributed by atoms with E-state index in [0.717, 1.165) is 24.5 Å². The van der Waals surface area contributed by atoms with E-state index in [9.17, 15) is 0 Å². The van der Waals surface area contributed by atoms with Crippen molar-refractivity contribution in [3.63, 3.8) is 0 Å². The molecule has 0 aromatic heterocycles. The van der Waals surface area contributed by atoms with Crippen molar-refractivity contribution in [3.8, 4) is 11.5 Å². The smallest absolute Gasteiger partial charge is 0.134 e. The molecular weight excluding hydrogens is 224 g/mol. The fourth-order valence-electron chi connectivity index (χ4n) is 2.92. The van der Waals surface area contributed by atoms with Gasteiger partial charge in [0.2, 0.25) is 0 Å². The van der Waals surface area contributed by atoms with Crippen molar-refractivity contribution in [1.29, 1.82) is 0 Å². The second kappa shape index (κ2) is 3.77. The van der Waals surface area contributed by atoms with Crippen LogP contribution in [0, 0.1) is 5.92 Å². The molecule has 2 heteroatoms. The molecule has 0 bridgehead atoms. The van der Waals surface area contributed by atoms with Crippen LogP contribution in [0.2, 0.25) is 0 Å². The van der Waals surface area contributed by atoms with Crippen LogP contribution in [0.25, 0.3) is 0 Å². The number of fused-ring (bicyclic) bond motifs is 4. The summed E-state index contributed by atoms with van der Waals surface area (Å²) in [6.07, 6.45) is 1.18. The molecule has 4 rings (SSSR count). The van der Waals surface area contributed by atoms with Gasteiger partial charge < -0.3 is 9.47 Å². The standard InChI is InChI=1S/C16H14O2/c1-3-7-14-11(5-1)9-12-10-17-15-8-4-2-6-13(15)16(12)18-14/h1-8,12,16H,9-10H2/t12-,16+/m0/s1. The fourth-order valence-corrected chi connectivity index (χ4v) is 2.92. The van der Waals surface area contributed by atoms with Gasteiger partial charge in [0.25, 0.3) is 0 Å². The zero-order chi connectivity index (χ0) is 11.9. The van der Waals surface area contributed by atoms with Crippen LogP contribution in [0.5, 0.6) is 11.5 Å². The van der Waals surface area contributed by atoms with Gasteiger partial charge in [0.15, 0.2) is 0 Å². The number of hydrogen-bond acceptors (Lipinski definition) is 2. The molecule has 0 saturated carbocycles. The third kappa shape index (κ3) is 1.42. The summed E-state index contributed by atoms with van der Waals surface area (Å²) in [5, 5.41) is 0. The third-order valence-electron chi connectivity index (χ3n) is 3.82. The molecule has 0 amide bonds.